The molecule has 0 aliphatic carbocycles. The van der Waals surface area contributed by atoms with E-state index < -0.39 is 0 Å². The average molecular weight is 433 g/mol. The standard InChI is InChI=1S/C24H28N6O2/c1-29(2)13-11-25-18-6-8-19(9-7-18)27-24-28-20(16-23-26-12-14-30(23)24)17-5-10-21(31-3)22(15-17)32-4/h5-10,12,14-16,25H,11,13H2,1-4H3,(H,27,28). The molecule has 166 valence electrons. The van der Waals surface area contributed by atoms with Crippen molar-refractivity contribution < 1.29 is 9.47 Å². The van der Waals surface area contributed by atoms with Crippen LogP contribution in [0.4, 0.5) is 17.3 Å². The quantitative estimate of drug-likeness (QED) is 0.412. The molecule has 0 spiro atoms. The molecule has 0 bridgehead atoms. The molecule has 0 saturated carbocycles. The van der Waals surface area contributed by atoms with Gasteiger partial charge in [0, 0.05) is 48.5 Å². The fourth-order valence-corrected chi connectivity index (χ4v) is 3.38. The molecule has 2 heterocycles. The summed E-state index contributed by atoms with van der Waals surface area (Å²) in [5.74, 6) is 2.01. The summed E-state index contributed by atoms with van der Waals surface area (Å²) >= 11 is 0. The highest BCUT2D eigenvalue weighted by Crippen LogP contribution is 2.32. The predicted octanol–water partition coefficient (Wildman–Crippen LogP) is 4.13. The number of hydrogen-bond acceptors (Lipinski definition) is 7. The Kier molecular flexibility index (Phi) is 6.42. The van der Waals surface area contributed by atoms with Gasteiger partial charge in [0.25, 0.3) is 0 Å². The smallest absolute Gasteiger partial charge is 0.213 e. The van der Waals surface area contributed by atoms with Crippen LogP contribution in [0, 0.1) is 0 Å². The second-order valence-corrected chi connectivity index (χ2v) is 7.62. The molecule has 8 heteroatoms. The van der Waals surface area contributed by atoms with Crippen LogP contribution in [0.2, 0.25) is 0 Å². The second kappa shape index (κ2) is 9.57. The molecule has 8 nitrogen and oxygen atoms in total. The van der Waals surface area contributed by atoms with Gasteiger partial charge in [-0.1, -0.05) is 0 Å². The van der Waals surface area contributed by atoms with Crippen LogP contribution in [0.15, 0.2) is 60.9 Å². The van der Waals surface area contributed by atoms with Gasteiger partial charge < -0.3 is 25.0 Å². The lowest BCUT2D eigenvalue weighted by Gasteiger charge is -2.14. The van der Waals surface area contributed by atoms with Crippen LogP contribution in [0.3, 0.4) is 0 Å². The van der Waals surface area contributed by atoms with Gasteiger partial charge in [0.1, 0.15) is 5.65 Å². The van der Waals surface area contributed by atoms with Crippen molar-refractivity contribution in [3.8, 4) is 22.8 Å². The first-order chi connectivity index (χ1) is 15.6. The summed E-state index contributed by atoms with van der Waals surface area (Å²) in [5, 5.41) is 6.84. The third-order valence-corrected chi connectivity index (χ3v) is 5.10. The van der Waals surface area contributed by atoms with Gasteiger partial charge in [0.15, 0.2) is 11.5 Å². The molecular weight excluding hydrogens is 404 g/mol. The van der Waals surface area contributed by atoms with Crippen LogP contribution in [0.1, 0.15) is 0 Å². The maximum Gasteiger partial charge on any atom is 0.213 e. The number of methoxy groups -OCH3 is 2. The van der Waals surface area contributed by atoms with E-state index in [9.17, 15) is 0 Å². The number of hydrogen-bond donors (Lipinski definition) is 2. The average Bonchev–Trinajstić information content (AvgIpc) is 3.28. The molecule has 0 saturated heterocycles. The van der Waals surface area contributed by atoms with E-state index in [0.29, 0.717) is 17.4 Å². The highest BCUT2D eigenvalue weighted by atomic mass is 16.5. The zero-order valence-electron chi connectivity index (χ0n) is 18.8. The minimum atomic E-state index is 0.655. The van der Waals surface area contributed by atoms with Crippen LogP contribution in [0.5, 0.6) is 11.5 Å². The van der Waals surface area contributed by atoms with Crippen LogP contribution < -0.4 is 20.1 Å². The third kappa shape index (κ3) is 4.76. The number of benzene rings is 2. The first-order valence-corrected chi connectivity index (χ1v) is 10.4. The van der Waals surface area contributed by atoms with Crippen LogP contribution in [-0.4, -0.2) is 60.7 Å². The van der Waals surface area contributed by atoms with E-state index in [-0.39, 0.29) is 0 Å². The zero-order chi connectivity index (χ0) is 22.5. The molecule has 4 rings (SSSR count). The van der Waals surface area contributed by atoms with Crippen LogP contribution in [-0.2, 0) is 0 Å². The van der Waals surface area contributed by atoms with Gasteiger partial charge >= 0.3 is 0 Å². The number of nitrogens with zero attached hydrogens (tertiary/aromatic N) is 4. The summed E-state index contributed by atoms with van der Waals surface area (Å²) < 4.78 is 12.7. The van der Waals surface area contributed by atoms with Gasteiger partial charge in [-0.3, -0.25) is 4.40 Å². The summed E-state index contributed by atoms with van der Waals surface area (Å²) in [6.45, 7) is 1.87. The van der Waals surface area contributed by atoms with Gasteiger partial charge in [-0.2, -0.15) is 0 Å². The molecule has 0 aliphatic rings. The normalized spacial score (nSPS) is 11.0. The first-order valence-electron chi connectivity index (χ1n) is 10.4. The Morgan fingerprint density at radius 1 is 0.938 bits per heavy atom. The fraction of sp³-hybridized carbons (Fsp3) is 0.250. The maximum absolute atomic E-state index is 5.45. The molecule has 2 aromatic carbocycles. The minimum Gasteiger partial charge on any atom is -0.493 e. The maximum atomic E-state index is 5.45. The topological polar surface area (TPSA) is 76.0 Å². The number of anilines is 3. The van der Waals surface area contributed by atoms with Crippen LogP contribution >= 0.6 is 0 Å². The molecule has 32 heavy (non-hydrogen) atoms. The van der Waals surface area contributed by atoms with E-state index in [1.807, 2.05) is 47.0 Å². The highest BCUT2D eigenvalue weighted by molar-refractivity contribution is 5.70. The summed E-state index contributed by atoms with van der Waals surface area (Å²) in [4.78, 5) is 11.5. The van der Waals surface area contributed by atoms with E-state index >= 15 is 0 Å². The lowest BCUT2D eigenvalue weighted by Crippen LogP contribution is -2.20. The monoisotopic (exact) mass is 432 g/mol. The van der Waals surface area contributed by atoms with E-state index in [1.165, 1.54) is 0 Å². The summed E-state index contributed by atoms with van der Waals surface area (Å²) in [6, 6.07) is 15.9. The Balaban J connectivity index is 1.60. The number of fused-ring (bicyclic) bond motifs is 1. The first kappa shape index (κ1) is 21.5. The molecule has 0 atom stereocenters. The Morgan fingerprint density at radius 3 is 2.41 bits per heavy atom. The summed E-state index contributed by atoms with van der Waals surface area (Å²) in [7, 11) is 7.37. The lowest BCUT2D eigenvalue weighted by atomic mass is 10.1. The predicted molar refractivity (Wildman–Crippen MR) is 128 cm³/mol. The molecule has 2 N–H and O–H groups in total. The number of ether oxygens (including phenoxy) is 2. The number of aromatic nitrogens is 3. The summed E-state index contributed by atoms with van der Waals surface area (Å²) in [5.41, 5.74) is 4.52. The molecule has 4 aromatic rings. The number of imidazole rings is 1. The van der Waals surface area contributed by atoms with Crippen molar-refractivity contribution in [3.63, 3.8) is 0 Å². The van der Waals surface area contributed by atoms with Crippen molar-refractivity contribution in [3.05, 3.63) is 60.9 Å². The van der Waals surface area contributed by atoms with E-state index in [1.54, 1.807) is 20.4 Å². The molecule has 0 radical (unpaired) electrons. The molecule has 0 unspecified atom stereocenters. The molecular formula is C24H28N6O2. The van der Waals surface area contributed by atoms with Crippen LogP contribution in [0.25, 0.3) is 16.9 Å². The van der Waals surface area contributed by atoms with Gasteiger partial charge in [-0.05, 0) is 56.6 Å². The van der Waals surface area contributed by atoms with E-state index in [2.05, 4.69) is 46.7 Å². The largest absolute Gasteiger partial charge is 0.493 e. The van der Waals surface area contributed by atoms with Crippen molar-refractivity contribution in [1.29, 1.82) is 0 Å². The third-order valence-electron chi connectivity index (χ3n) is 5.10. The summed E-state index contributed by atoms with van der Waals surface area (Å²) in [6.07, 6.45) is 3.65. The van der Waals surface area contributed by atoms with E-state index in [0.717, 1.165) is 41.4 Å². The van der Waals surface area contributed by atoms with Gasteiger partial charge in [0.2, 0.25) is 5.95 Å². The Morgan fingerprint density at radius 2 is 1.69 bits per heavy atom. The molecule has 2 aromatic heterocycles. The lowest BCUT2D eigenvalue weighted by molar-refractivity contribution is 0.355. The van der Waals surface area contributed by atoms with Crippen molar-refractivity contribution in [2.24, 2.45) is 0 Å². The van der Waals surface area contributed by atoms with Gasteiger partial charge in [0.05, 0.1) is 19.9 Å². The molecule has 0 amide bonds. The Hall–Kier alpha value is -3.78. The van der Waals surface area contributed by atoms with Gasteiger partial charge in [-0.25, -0.2) is 9.97 Å². The van der Waals surface area contributed by atoms with Gasteiger partial charge in [-0.15, -0.1) is 0 Å². The number of likely N-dealkylation sites (N-methyl/N-ethyl adjacent to an activating group) is 1. The van der Waals surface area contributed by atoms with Crippen molar-refractivity contribution in [1.82, 2.24) is 19.3 Å². The highest BCUT2D eigenvalue weighted by Gasteiger charge is 2.12. The Labute approximate surface area is 187 Å². The Bertz CT molecular complexity index is 1190. The van der Waals surface area contributed by atoms with Crippen molar-refractivity contribution in [2.45, 2.75) is 0 Å². The SMILES string of the molecule is COc1ccc(-c2cc3nccn3c(Nc3ccc(NCCN(C)C)cc3)n2)cc1OC. The van der Waals surface area contributed by atoms with Crippen molar-refractivity contribution >= 4 is 23.0 Å². The zero-order valence-corrected chi connectivity index (χ0v) is 18.8. The molecule has 0 aliphatic heterocycles. The fourth-order valence-electron chi connectivity index (χ4n) is 3.38. The van der Waals surface area contributed by atoms with Crippen molar-refractivity contribution in [2.75, 3.05) is 52.0 Å². The van der Waals surface area contributed by atoms with E-state index in [4.69, 9.17) is 14.5 Å². The second-order valence-electron chi connectivity index (χ2n) is 7.62. The molecule has 0 fully saturated rings. The number of rotatable bonds is 9. The minimum absolute atomic E-state index is 0.655. The number of nitrogens with one attached hydrogen (secondary N) is 2.